The molecule has 0 spiro atoms. The first-order valence-corrected chi connectivity index (χ1v) is 14.5. The van der Waals surface area contributed by atoms with E-state index in [1.807, 2.05) is 0 Å². The molecule has 2 heterocycles. The maximum absolute atomic E-state index is 14.6. The van der Waals surface area contributed by atoms with Gasteiger partial charge in [0.1, 0.15) is 11.6 Å². The second-order valence-electron chi connectivity index (χ2n) is 10.1. The molecule has 1 aliphatic rings. The second kappa shape index (κ2) is 13.4. The van der Waals surface area contributed by atoms with Gasteiger partial charge in [-0.1, -0.05) is 41.4 Å². The van der Waals surface area contributed by atoms with Gasteiger partial charge in [0, 0.05) is 40.9 Å². The highest BCUT2D eigenvalue weighted by atomic mass is 35.5. The Balaban J connectivity index is 1.29. The highest BCUT2D eigenvalue weighted by Crippen LogP contribution is 2.41. The number of carboxylic acid groups (broad SMARTS) is 1. The first-order chi connectivity index (χ1) is 21.4. The Morgan fingerprint density at radius 2 is 1.89 bits per heavy atom. The SMILES string of the molecule is O=C(O)c1cc(F)c(Cn2cc(-c3cccc4c3OCCCN4C(=O)CCCOc3cccc(C(F)(F)F)c3Cl)cn2)c(Cl)c1. The predicted octanol–water partition coefficient (Wildman–Crippen LogP) is 7.74. The number of rotatable bonds is 9. The van der Waals surface area contributed by atoms with E-state index in [0.29, 0.717) is 42.1 Å². The first-order valence-electron chi connectivity index (χ1n) is 13.7. The van der Waals surface area contributed by atoms with Gasteiger partial charge in [0.05, 0.1) is 47.8 Å². The number of carbonyl (C=O) groups excluding carboxylic acids is 1. The van der Waals surface area contributed by atoms with Crippen molar-refractivity contribution in [1.82, 2.24) is 9.78 Å². The molecule has 0 aliphatic carbocycles. The number of amides is 1. The molecule has 5 rings (SSSR count). The lowest BCUT2D eigenvalue weighted by molar-refractivity contribution is -0.137. The number of fused-ring (bicyclic) bond motifs is 1. The van der Waals surface area contributed by atoms with Gasteiger partial charge in [-0.15, -0.1) is 0 Å². The summed E-state index contributed by atoms with van der Waals surface area (Å²) in [6.07, 6.45) is -0.549. The Labute approximate surface area is 264 Å². The Morgan fingerprint density at radius 1 is 1.11 bits per heavy atom. The Bertz CT molecular complexity index is 1720. The smallest absolute Gasteiger partial charge is 0.417 e. The molecule has 1 aliphatic heterocycles. The summed E-state index contributed by atoms with van der Waals surface area (Å²) in [6.45, 7) is 0.653. The van der Waals surface area contributed by atoms with Gasteiger partial charge in [-0.25, -0.2) is 9.18 Å². The van der Waals surface area contributed by atoms with Crippen molar-refractivity contribution in [1.29, 1.82) is 0 Å². The van der Waals surface area contributed by atoms with Crippen LogP contribution in [0.1, 0.15) is 40.7 Å². The molecule has 0 unspecified atom stereocenters. The zero-order chi connectivity index (χ0) is 32.3. The molecule has 1 N–H and O–H groups in total. The number of anilines is 1. The maximum atomic E-state index is 14.6. The third kappa shape index (κ3) is 7.18. The van der Waals surface area contributed by atoms with Crippen molar-refractivity contribution in [2.24, 2.45) is 0 Å². The topological polar surface area (TPSA) is 93.9 Å². The van der Waals surface area contributed by atoms with E-state index in [1.165, 1.54) is 22.9 Å². The van der Waals surface area contributed by atoms with Crippen LogP contribution in [0.4, 0.5) is 23.2 Å². The van der Waals surface area contributed by atoms with Crippen molar-refractivity contribution in [2.75, 3.05) is 24.7 Å². The zero-order valence-corrected chi connectivity index (χ0v) is 24.9. The van der Waals surface area contributed by atoms with E-state index in [4.69, 9.17) is 37.8 Å². The Morgan fingerprint density at radius 3 is 2.62 bits per heavy atom. The van der Waals surface area contributed by atoms with Crippen LogP contribution in [-0.2, 0) is 17.5 Å². The van der Waals surface area contributed by atoms with E-state index in [0.717, 1.165) is 12.1 Å². The molecule has 14 heteroatoms. The molecule has 45 heavy (non-hydrogen) atoms. The summed E-state index contributed by atoms with van der Waals surface area (Å²) in [5.41, 5.74) is 0.641. The van der Waals surface area contributed by atoms with Crippen molar-refractivity contribution >= 4 is 40.8 Å². The summed E-state index contributed by atoms with van der Waals surface area (Å²) in [6, 6.07) is 10.8. The number of benzene rings is 3. The number of hydrogen-bond donors (Lipinski definition) is 1. The fourth-order valence-corrected chi connectivity index (χ4v) is 5.46. The van der Waals surface area contributed by atoms with Crippen molar-refractivity contribution < 1.29 is 41.7 Å². The van der Waals surface area contributed by atoms with E-state index in [-0.39, 0.29) is 53.8 Å². The number of aromatic carboxylic acids is 1. The number of aromatic nitrogens is 2. The lowest BCUT2D eigenvalue weighted by Gasteiger charge is -2.23. The zero-order valence-electron chi connectivity index (χ0n) is 23.4. The van der Waals surface area contributed by atoms with E-state index < -0.39 is 28.5 Å². The van der Waals surface area contributed by atoms with Crippen molar-refractivity contribution in [3.05, 3.63) is 93.5 Å². The highest BCUT2D eigenvalue weighted by Gasteiger charge is 2.34. The quantitative estimate of drug-likeness (QED) is 0.145. The molecular weight excluding hydrogens is 641 g/mol. The largest absolute Gasteiger partial charge is 0.492 e. The highest BCUT2D eigenvalue weighted by molar-refractivity contribution is 6.33. The van der Waals surface area contributed by atoms with Crippen LogP contribution in [-0.4, -0.2) is 46.5 Å². The minimum absolute atomic E-state index is 0.0210. The summed E-state index contributed by atoms with van der Waals surface area (Å²) in [7, 11) is 0. The molecule has 0 fully saturated rings. The molecule has 4 aromatic rings. The first kappa shape index (κ1) is 32.1. The van der Waals surface area contributed by atoms with Crippen LogP contribution >= 0.6 is 23.2 Å². The Hall–Kier alpha value is -4.29. The number of alkyl halides is 3. The summed E-state index contributed by atoms with van der Waals surface area (Å²) in [5, 5.41) is 12.9. The third-order valence-electron chi connectivity index (χ3n) is 7.07. The molecule has 3 aromatic carbocycles. The molecule has 236 valence electrons. The summed E-state index contributed by atoms with van der Waals surface area (Å²) >= 11 is 12.0. The minimum atomic E-state index is -4.62. The van der Waals surface area contributed by atoms with Crippen LogP contribution in [0.5, 0.6) is 11.5 Å². The third-order valence-corrected chi connectivity index (χ3v) is 7.80. The van der Waals surface area contributed by atoms with E-state index >= 15 is 0 Å². The van der Waals surface area contributed by atoms with Crippen LogP contribution in [0.3, 0.4) is 0 Å². The molecule has 0 atom stereocenters. The number of halogens is 6. The molecule has 0 saturated heterocycles. The number of carbonyl (C=O) groups is 2. The van der Waals surface area contributed by atoms with E-state index in [9.17, 15) is 27.2 Å². The number of ether oxygens (including phenoxy) is 2. The van der Waals surface area contributed by atoms with Crippen molar-refractivity contribution in [2.45, 2.75) is 32.0 Å². The van der Waals surface area contributed by atoms with E-state index in [1.54, 1.807) is 35.5 Å². The molecule has 0 saturated carbocycles. The van der Waals surface area contributed by atoms with Gasteiger partial charge in [-0.05, 0) is 43.2 Å². The van der Waals surface area contributed by atoms with Gasteiger partial charge in [0.15, 0.2) is 5.75 Å². The average molecular weight is 666 g/mol. The summed E-state index contributed by atoms with van der Waals surface area (Å²) < 4.78 is 67.0. The maximum Gasteiger partial charge on any atom is 0.417 e. The molecular formula is C31H25Cl2F4N3O5. The van der Waals surface area contributed by atoms with Gasteiger partial charge >= 0.3 is 12.1 Å². The van der Waals surface area contributed by atoms with Crippen molar-refractivity contribution in [3.63, 3.8) is 0 Å². The molecule has 8 nitrogen and oxygen atoms in total. The van der Waals surface area contributed by atoms with Crippen LogP contribution in [0.25, 0.3) is 11.1 Å². The number of para-hydroxylation sites is 1. The lowest BCUT2D eigenvalue weighted by Crippen LogP contribution is -2.31. The van der Waals surface area contributed by atoms with Gasteiger partial charge in [0.25, 0.3) is 0 Å². The van der Waals surface area contributed by atoms with Gasteiger partial charge < -0.3 is 19.5 Å². The fraction of sp³-hybridized carbons (Fsp3) is 0.258. The van der Waals surface area contributed by atoms with Crippen molar-refractivity contribution in [3.8, 4) is 22.6 Å². The number of hydrogen-bond acceptors (Lipinski definition) is 5. The average Bonchev–Trinajstić information content (AvgIpc) is 3.34. The van der Waals surface area contributed by atoms with E-state index in [2.05, 4.69) is 5.10 Å². The summed E-state index contributed by atoms with van der Waals surface area (Å²) in [4.78, 5) is 26.1. The van der Waals surface area contributed by atoms with Gasteiger partial charge in [-0.2, -0.15) is 18.3 Å². The van der Waals surface area contributed by atoms with Gasteiger partial charge in [-0.3, -0.25) is 9.48 Å². The molecule has 1 amide bonds. The lowest BCUT2D eigenvalue weighted by atomic mass is 10.1. The standard InChI is InChI=1S/C31H25Cl2F4N3O5/c32-23-13-18(30(42)43)14-24(34)21(23)17-39-16-19(15-38-39)20-5-1-7-25-29(20)45-12-4-10-40(25)27(41)9-3-11-44-26-8-2-6-22(28(26)33)31(35,36)37/h1-2,5-8,13-16H,3-4,9-12,17H2,(H,42,43). The molecule has 1 aromatic heterocycles. The predicted molar refractivity (Wildman–Crippen MR) is 159 cm³/mol. The molecule has 0 bridgehead atoms. The Kier molecular flexibility index (Phi) is 9.54. The van der Waals surface area contributed by atoms with Crippen LogP contribution in [0.15, 0.2) is 60.9 Å². The monoisotopic (exact) mass is 665 g/mol. The van der Waals surface area contributed by atoms with Gasteiger partial charge in [0.2, 0.25) is 5.91 Å². The number of carboxylic acids is 1. The second-order valence-corrected chi connectivity index (χ2v) is 10.9. The molecule has 0 radical (unpaired) electrons. The minimum Gasteiger partial charge on any atom is -0.492 e. The summed E-state index contributed by atoms with van der Waals surface area (Å²) in [5.74, 6) is -1.94. The normalized spacial score (nSPS) is 13.2. The number of nitrogens with zero attached hydrogens (tertiary/aromatic N) is 3. The van der Waals surface area contributed by atoms with Crippen LogP contribution < -0.4 is 14.4 Å². The van der Waals surface area contributed by atoms with Crippen LogP contribution in [0.2, 0.25) is 10.0 Å². The fourth-order valence-electron chi connectivity index (χ4n) is 4.90. The van der Waals surface area contributed by atoms with Crippen LogP contribution in [0, 0.1) is 5.82 Å².